The molecule has 0 aromatic heterocycles. The first-order chi connectivity index (χ1) is 16.5. The van der Waals surface area contributed by atoms with Crippen LogP contribution >= 0.6 is 24.0 Å². The highest BCUT2D eigenvalue weighted by Gasteiger charge is 2.33. The molecule has 1 heterocycles. The fourth-order valence-corrected chi connectivity index (χ4v) is 4.53. The first kappa shape index (κ1) is 23.5. The van der Waals surface area contributed by atoms with Crippen LogP contribution in [0.3, 0.4) is 0 Å². The summed E-state index contributed by atoms with van der Waals surface area (Å²) in [5.41, 5.74) is 2.25. The highest BCUT2D eigenvalue weighted by Crippen LogP contribution is 2.36. The maximum Gasteiger partial charge on any atom is 0.270 e. The third kappa shape index (κ3) is 5.84. The standard InChI is InChI=1S/C26H22N2O4S2/c1-2-31-21-14-10-19(11-15-21)27-24(29)17-32-22-12-8-18(9-13-22)16-23-25(30)28(26(33)34-23)20-6-4-3-5-7-20/h3-16H,2,17H2,1H3,(H,27,29)/b23-16-. The van der Waals surface area contributed by atoms with Gasteiger partial charge in [0.15, 0.2) is 10.9 Å². The van der Waals surface area contributed by atoms with Crippen LogP contribution in [0.2, 0.25) is 0 Å². The summed E-state index contributed by atoms with van der Waals surface area (Å²) in [6.45, 7) is 2.38. The zero-order valence-electron chi connectivity index (χ0n) is 18.4. The molecule has 6 nitrogen and oxygen atoms in total. The van der Waals surface area contributed by atoms with Gasteiger partial charge in [-0.25, -0.2) is 0 Å². The minimum atomic E-state index is -0.266. The molecule has 0 spiro atoms. The quantitative estimate of drug-likeness (QED) is 0.332. The average Bonchev–Trinajstić information content (AvgIpc) is 3.13. The molecular weight excluding hydrogens is 468 g/mol. The summed E-state index contributed by atoms with van der Waals surface area (Å²) >= 11 is 6.67. The smallest absolute Gasteiger partial charge is 0.270 e. The van der Waals surface area contributed by atoms with Crippen LogP contribution in [0.5, 0.6) is 11.5 Å². The summed E-state index contributed by atoms with van der Waals surface area (Å²) in [6.07, 6.45) is 1.80. The number of amides is 2. The molecule has 172 valence electrons. The number of para-hydroxylation sites is 1. The van der Waals surface area contributed by atoms with Crippen LogP contribution in [0.1, 0.15) is 12.5 Å². The second kappa shape index (κ2) is 11.0. The molecule has 8 heteroatoms. The van der Waals surface area contributed by atoms with Gasteiger partial charge in [0, 0.05) is 5.69 Å². The number of benzene rings is 3. The SMILES string of the molecule is CCOc1ccc(NC(=O)COc2ccc(/C=C3\SC(=S)N(c4ccccc4)C3=O)cc2)cc1. The Hall–Kier alpha value is -3.62. The van der Waals surface area contributed by atoms with Crippen molar-refractivity contribution in [2.24, 2.45) is 0 Å². The van der Waals surface area contributed by atoms with Crippen LogP contribution in [0.4, 0.5) is 11.4 Å². The molecule has 34 heavy (non-hydrogen) atoms. The van der Waals surface area contributed by atoms with E-state index in [2.05, 4.69) is 5.32 Å². The summed E-state index contributed by atoms with van der Waals surface area (Å²) in [4.78, 5) is 27.1. The van der Waals surface area contributed by atoms with Crippen LogP contribution < -0.4 is 19.7 Å². The zero-order valence-corrected chi connectivity index (χ0v) is 20.0. The maximum atomic E-state index is 12.8. The molecule has 3 aromatic rings. The monoisotopic (exact) mass is 490 g/mol. The van der Waals surface area contributed by atoms with Crippen molar-refractivity contribution in [3.63, 3.8) is 0 Å². The normalized spacial score (nSPS) is 14.4. The number of rotatable bonds is 8. The van der Waals surface area contributed by atoms with Gasteiger partial charge in [0.05, 0.1) is 17.2 Å². The average molecular weight is 491 g/mol. The zero-order chi connectivity index (χ0) is 23.9. The highest BCUT2D eigenvalue weighted by molar-refractivity contribution is 8.27. The summed E-state index contributed by atoms with van der Waals surface area (Å²) < 4.78 is 11.5. The van der Waals surface area contributed by atoms with Crippen molar-refractivity contribution in [3.8, 4) is 11.5 Å². The second-order valence-corrected chi connectivity index (χ2v) is 8.89. The molecule has 3 aromatic carbocycles. The van der Waals surface area contributed by atoms with E-state index >= 15 is 0 Å². The van der Waals surface area contributed by atoms with E-state index in [-0.39, 0.29) is 18.4 Å². The Balaban J connectivity index is 1.32. The Bertz CT molecular complexity index is 1210. The van der Waals surface area contributed by atoms with Crippen molar-refractivity contribution in [3.05, 3.63) is 89.3 Å². The van der Waals surface area contributed by atoms with E-state index < -0.39 is 0 Å². The van der Waals surface area contributed by atoms with Gasteiger partial charge in [-0.2, -0.15) is 0 Å². The minimum absolute atomic E-state index is 0.123. The van der Waals surface area contributed by atoms with Gasteiger partial charge in [0.25, 0.3) is 11.8 Å². The number of thioether (sulfide) groups is 1. The molecular formula is C26H22N2O4S2. The van der Waals surface area contributed by atoms with Crippen LogP contribution in [0.25, 0.3) is 6.08 Å². The van der Waals surface area contributed by atoms with E-state index in [1.807, 2.05) is 49.4 Å². The van der Waals surface area contributed by atoms with E-state index in [4.69, 9.17) is 21.7 Å². The van der Waals surface area contributed by atoms with Gasteiger partial charge in [0.1, 0.15) is 11.5 Å². The van der Waals surface area contributed by atoms with Crippen LogP contribution in [-0.4, -0.2) is 29.3 Å². The number of ether oxygens (including phenoxy) is 2. The maximum absolute atomic E-state index is 12.8. The summed E-state index contributed by atoms with van der Waals surface area (Å²) in [7, 11) is 0. The molecule has 0 bridgehead atoms. The molecule has 1 fully saturated rings. The van der Waals surface area contributed by atoms with E-state index in [0.29, 0.717) is 27.3 Å². The Morgan fingerprint density at radius 3 is 2.29 bits per heavy atom. The first-order valence-corrected chi connectivity index (χ1v) is 11.8. The van der Waals surface area contributed by atoms with Gasteiger partial charge in [-0.3, -0.25) is 14.5 Å². The van der Waals surface area contributed by atoms with Crippen LogP contribution in [0, 0.1) is 0 Å². The number of anilines is 2. The lowest BCUT2D eigenvalue weighted by molar-refractivity contribution is -0.118. The molecule has 0 aliphatic carbocycles. The minimum Gasteiger partial charge on any atom is -0.494 e. The molecule has 4 rings (SSSR count). The lowest BCUT2D eigenvalue weighted by atomic mass is 10.2. The lowest BCUT2D eigenvalue weighted by Gasteiger charge is -2.13. The second-order valence-electron chi connectivity index (χ2n) is 7.22. The number of hydrogen-bond acceptors (Lipinski definition) is 6. The molecule has 1 aliphatic rings. The van der Waals surface area contributed by atoms with Crippen molar-refractivity contribution < 1.29 is 19.1 Å². The topological polar surface area (TPSA) is 67.9 Å². The van der Waals surface area contributed by atoms with Gasteiger partial charge in [0.2, 0.25) is 0 Å². The lowest BCUT2D eigenvalue weighted by Crippen LogP contribution is -2.27. The van der Waals surface area contributed by atoms with Gasteiger partial charge in [-0.05, 0) is 67.1 Å². The number of carbonyl (C=O) groups excluding carboxylic acids is 2. The molecule has 0 saturated carbocycles. The van der Waals surface area contributed by atoms with Crippen molar-refractivity contribution in [2.45, 2.75) is 6.92 Å². The Labute approximate surface area is 207 Å². The van der Waals surface area contributed by atoms with Crippen molar-refractivity contribution in [1.29, 1.82) is 0 Å². The van der Waals surface area contributed by atoms with E-state index in [9.17, 15) is 9.59 Å². The van der Waals surface area contributed by atoms with E-state index in [0.717, 1.165) is 17.0 Å². The molecule has 0 atom stereocenters. The van der Waals surface area contributed by atoms with Crippen molar-refractivity contribution >= 4 is 57.6 Å². The van der Waals surface area contributed by atoms with Crippen LogP contribution in [-0.2, 0) is 9.59 Å². The van der Waals surface area contributed by atoms with Crippen molar-refractivity contribution in [1.82, 2.24) is 0 Å². The van der Waals surface area contributed by atoms with Gasteiger partial charge >= 0.3 is 0 Å². The van der Waals surface area contributed by atoms with E-state index in [1.54, 1.807) is 42.5 Å². The number of nitrogens with zero attached hydrogens (tertiary/aromatic N) is 1. The Kier molecular flexibility index (Phi) is 7.61. The first-order valence-electron chi connectivity index (χ1n) is 10.6. The molecule has 1 N–H and O–H groups in total. The third-order valence-corrected chi connectivity index (χ3v) is 6.11. The summed E-state index contributed by atoms with van der Waals surface area (Å²) in [6, 6.07) is 23.7. The third-order valence-electron chi connectivity index (χ3n) is 4.80. The number of hydrogen-bond donors (Lipinski definition) is 1. The van der Waals surface area contributed by atoms with Gasteiger partial charge in [-0.15, -0.1) is 0 Å². The van der Waals surface area contributed by atoms with Gasteiger partial charge < -0.3 is 14.8 Å². The Morgan fingerprint density at radius 1 is 0.971 bits per heavy atom. The number of nitrogens with one attached hydrogen (secondary N) is 1. The number of thiocarbonyl (C=S) groups is 1. The van der Waals surface area contributed by atoms with Crippen molar-refractivity contribution in [2.75, 3.05) is 23.4 Å². The molecule has 2 amide bonds. The van der Waals surface area contributed by atoms with Crippen LogP contribution in [0.15, 0.2) is 83.8 Å². The number of carbonyl (C=O) groups is 2. The molecule has 0 radical (unpaired) electrons. The summed E-state index contributed by atoms with van der Waals surface area (Å²) in [5, 5.41) is 2.78. The predicted molar refractivity (Wildman–Crippen MR) is 140 cm³/mol. The molecule has 1 aliphatic heterocycles. The molecule has 0 unspecified atom stereocenters. The highest BCUT2D eigenvalue weighted by atomic mass is 32.2. The summed E-state index contributed by atoms with van der Waals surface area (Å²) in [5.74, 6) is 0.889. The fraction of sp³-hybridized carbons (Fsp3) is 0.115. The van der Waals surface area contributed by atoms with Gasteiger partial charge in [-0.1, -0.05) is 54.3 Å². The predicted octanol–water partition coefficient (Wildman–Crippen LogP) is 5.51. The Morgan fingerprint density at radius 2 is 1.62 bits per heavy atom. The van der Waals surface area contributed by atoms with E-state index in [1.165, 1.54) is 16.7 Å². The molecule has 1 saturated heterocycles. The fourth-order valence-electron chi connectivity index (χ4n) is 3.23. The largest absolute Gasteiger partial charge is 0.494 e.